The van der Waals surface area contributed by atoms with Crippen LogP contribution < -0.4 is 5.32 Å². The Kier molecular flexibility index (Phi) is 4.74. The van der Waals surface area contributed by atoms with E-state index >= 15 is 0 Å². The molecule has 5 heteroatoms. The highest BCUT2D eigenvalue weighted by Crippen LogP contribution is 2.14. The number of ether oxygens (including phenoxy) is 1. The molecular formula is C15H20N2O3. The molecule has 0 bridgehead atoms. The summed E-state index contributed by atoms with van der Waals surface area (Å²) in [5.74, 6) is -0.231. The Bertz CT molecular complexity index is 484. The van der Waals surface area contributed by atoms with Crippen molar-refractivity contribution >= 4 is 11.9 Å². The minimum Gasteiger partial charge on any atom is -0.465 e. The van der Waals surface area contributed by atoms with Crippen LogP contribution in [0.5, 0.6) is 0 Å². The smallest absolute Gasteiger partial charge is 0.337 e. The lowest BCUT2D eigenvalue weighted by atomic mass is 10.1. The molecule has 0 spiro atoms. The summed E-state index contributed by atoms with van der Waals surface area (Å²) in [5, 5.41) is 2.89. The monoisotopic (exact) mass is 276 g/mol. The van der Waals surface area contributed by atoms with Gasteiger partial charge < -0.3 is 10.1 Å². The van der Waals surface area contributed by atoms with Crippen molar-refractivity contribution in [2.75, 3.05) is 20.2 Å². The quantitative estimate of drug-likeness (QED) is 0.839. The normalized spacial score (nSPS) is 19.5. The fourth-order valence-corrected chi connectivity index (χ4v) is 2.49. The second-order valence-corrected chi connectivity index (χ2v) is 4.87. The van der Waals surface area contributed by atoms with E-state index in [1.165, 1.54) is 7.11 Å². The van der Waals surface area contributed by atoms with E-state index in [0.29, 0.717) is 18.7 Å². The number of esters is 1. The number of methoxy groups -OCH3 is 1. The number of hydrogen-bond acceptors (Lipinski definition) is 4. The van der Waals surface area contributed by atoms with Gasteiger partial charge in [-0.05, 0) is 24.1 Å². The number of rotatable bonds is 4. The Balaban J connectivity index is 2.05. The van der Waals surface area contributed by atoms with Crippen molar-refractivity contribution < 1.29 is 14.3 Å². The molecule has 1 atom stereocenters. The van der Waals surface area contributed by atoms with Crippen molar-refractivity contribution in [3.8, 4) is 0 Å². The third kappa shape index (κ3) is 3.17. The molecule has 0 radical (unpaired) electrons. The Morgan fingerprint density at radius 2 is 2.10 bits per heavy atom. The van der Waals surface area contributed by atoms with Gasteiger partial charge in [-0.15, -0.1) is 0 Å². The summed E-state index contributed by atoms with van der Waals surface area (Å²) in [7, 11) is 1.37. The van der Waals surface area contributed by atoms with E-state index in [9.17, 15) is 9.59 Å². The molecule has 1 heterocycles. The van der Waals surface area contributed by atoms with Gasteiger partial charge in [0.1, 0.15) is 0 Å². The fourth-order valence-electron chi connectivity index (χ4n) is 2.49. The molecule has 0 aliphatic carbocycles. The zero-order valence-electron chi connectivity index (χ0n) is 11.9. The van der Waals surface area contributed by atoms with E-state index in [4.69, 9.17) is 0 Å². The first-order valence-corrected chi connectivity index (χ1v) is 6.84. The van der Waals surface area contributed by atoms with E-state index in [1.54, 1.807) is 12.1 Å². The number of carbonyl (C=O) groups is 2. The Hall–Kier alpha value is -1.88. The highest BCUT2D eigenvalue weighted by molar-refractivity contribution is 5.89. The Labute approximate surface area is 118 Å². The van der Waals surface area contributed by atoms with Crippen molar-refractivity contribution in [2.24, 2.45) is 0 Å². The maximum absolute atomic E-state index is 11.8. The molecule has 1 aromatic carbocycles. The van der Waals surface area contributed by atoms with Gasteiger partial charge in [0.15, 0.2) is 0 Å². The molecule has 5 nitrogen and oxygen atoms in total. The van der Waals surface area contributed by atoms with Crippen molar-refractivity contribution in [1.29, 1.82) is 0 Å². The van der Waals surface area contributed by atoms with Crippen molar-refractivity contribution in [1.82, 2.24) is 10.2 Å². The summed E-state index contributed by atoms with van der Waals surface area (Å²) in [4.78, 5) is 25.3. The van der Waals surface area contributed by atoms with Crippen LogP contribution in [0.3, 0.4) is 0 Å². The lowest BCUT2D eigenvalue weighted by molar-refractivity contribution is -0.129. The topological polar surface area (TPSA) is 58.6 Å². The van der Waals surface area contributed by atoms with Gasteiger partial charge in [-0.1, -0.05) is 19.1 Å². The largest absolute Gasteiger partial charge is 0.465 e. The molecule has 1 N–H and O–H groups in total. The van der Waals surface area contributed by atoms with Crippen LogP contribution in [0.15, 0.2) is 24.3 Å². The molecule has 0 aromatic heterocycles. The molecule has 1 fully saturated rings. The summed E-state index contributed by atoms with van der Waals surface area (Å²) in [6.45, 7) is 4.27. The van der Waals surface area contributed by atoms with Crippen LogP contribution in [0.2, 0.25) is 0 Å². The number of nitrogens with one attached hydrogen (secondary N) is 1. The van der Waals surface area contributed by atoms with Crippen molar-refractivity contribution in [2.45, 2.75) is 25.9 Å². The number of hydrogen-bond donors (Lipinski definition) is 1. The van der Waals surface area contributed by atoms with Gasteiger partial charge in [-0.3, -0.25) is 9.69 Å². The van der Waals surface area contributed by atoms with Crippen LogP contribution >= 0.6 is 0 Å². The van der Waals surface area contributed by atoms with Crippen LogP contribution in [-0.2, 0) is 16.1 Å². The fraction of sp³-hybridized carbons (Fsp3) is 0.467. The Morgan fingerprint density at radius 1 is 1.40 bits per heavy atom. The second kappa shape index (κ2) is 6.52. The summed E-state index contributed by atoms with van der Waals surface area (Å²) >= 11 is 0. The van der Waals surface area contributed by atoms with E-state index in [1.807, 2.05) is 19.1 Å². The van der Waals surface area contributed by atoms with Gasteiger partial charge in [0.25, 0.3) is 0 Å². The lowest BCUT2D eigenvalue weighted by Gasteiger charge is -2.34. The first-order chi connectivity index (χ1) is 9.65. The predicted molar refractivity (Wildman–Crippen MR) is 75.3 cm³/mol. The average Bonchev–Trinajstić information content (AvgIpc) is 2.47. The summed E-state index contributed by atoms with van der Waals surface area (Å²) in [6.07, 6.45) is 0.798. The zero-order valence-corrected chi connectivity index (χ0v) is 11.9. The number of amides is 1. The predicted octanol–water partition coefficient (Wildman–Crippen LogP) is 1.18. The van der Waals surface area contributed by atoms with E-state index in [0.717, 1.165) is 18.5 Å². The maximum Gasteiger partial charge on any atom is 0.337 e. The number of piperazine rings is 1. The van der Waals surface area contributed by atoms with Crippen LogP contribution in [0, 0.1) is 0 Å². The van der Waals surface area contributed by atoms with Crippen LogP contribution in [0.1, 0.15) is 29.3 Å². The highest BCUT2D eigenvalue weighted by atomic mass is 16.5. The molecule has 1 saturated heterocycles. The zero-order chi connectivity index (χ0) is 14.5. The van der Waals surface area contributed by atoms with Gasteiger partial charge in [0.05, 0.1) is 18.7 Å². The van der Waals surface area contributed by atoms with Crippen molar-refractivity contribution in [3.63, 3.8) is 0 Å². The molecular weight excluding hydrogens is 256 g/mol. The first-order valence-electron chi connectivity index (χ1n) is 6.84. The number of nitrogens with zero attached hydrogens (tertiary/aromatic N) is 1. The molecule has 1 amide bonds. The maximum atomic E-state index is 11.8. The highest BCUT2D eigenvalue weighted by Gasteiger charge is 2.27. The minimum absolute atomic E-state index is 0.0657. The molecule has 0 saturated carbocycles. The van der Waals surface area contributed by atoms with Crippen LogP contribution in [0.4, 0.5) is 0 Å². The van der Waals surface area contributed by atoms with Gasteiger partial charge in [0, 0.05) is 19.6 Å². The lowest BCUT2D eigenvalue weighted by Crippen LogP contribution is -2.54. The molecule has 20 heavy (non-hydrogen) atoms. The summed E-state index contributed by atoms with van der Waals surface area (Å²) < 4.78 is 4.67. The molecule has 2 rings (SSSR count). The van der Waals surface area contributed by atoms with Crippen molar-refractivity contribution in [3.05, 3.63) is 35.4 Å². The van der Waals surface area contributed by atoms with Crippen LogP contribution in [0.25, 0.3) is 0 Å². The van der Waals surface area contributed by atoms with E-state index in [-0.39, 0.29) is 17.9 Å². The third-order valence-corrected chi connectivity index (χ3v) is 3.59. The van der Waals surface area contributed by atoms with Gasteiger partial charge in [-0.25, -0.2) is 4.79 Å². The first kappa shape index (κ1) is 14.5. The van der Waals surface area contributed by atoms with Gasteiger partial charge >= 0.3 is 5.97 Å². The SMILES string of the molecule is CC[C@H]1C(=O)NCCN1Cc1ccc(C(=O)OC)cc1. The van der Waals surface area contributed by atoms with E-state index < -0.39 is 0 Å². The summed E-state index contributed by atoms with van der Waals surface area (Å²) in [6, 6.07) is 7.26. The third-order valence-electron chi connectivity index (χ3n) is 3.59. The minimum atomic E-state index is -0.333. The second-order valence-electron chi connectivity index (χ2n) is 4.87. The molecule has 108 valence electrons. The van der Waals surface area contributed by atoms with Gasteiger partial charge in [0.2, 0.25) is 5.91 Å². The summed E-state index contributed by atoms with van der Waals surface area (Å²) in [5.41, 5.74) is 1.63. The average molecular weight is 276 g/mol. The van der Waals surface area contributed by atoms with E-state index in [2.05, 4.69) is 15.0 Å². The standard InChI is InChI=1S/C15H20N2O3/c1-3-13-14(18)16-8-9-17(13)10-11-4-6-12(7-5-11)15(19)20-2/h4-7,13H,3,8-10H2,1-2H3,(H,16,18)/t13-/m0/s1. The molecule has 1 aromatic rings. The molecule has 0 unspecified atom stereocenters. The van der Waals surface area contributed by atoms with Gasteiger partial charge in [-0.2, -0.15) is 0 Å². The van der Waals surface area contributed by atoms with Crippen LogP contribution in [-0.4, -0.2) is 43.0 Å². The molecule has 1 aliphatic rings. The number of carbonyl (C=O) groups excluding carboxylic acids is 2. The number of benzene rings is 1. The molecule has 1 aliphatic heterocycles. The Morgan fingerprint density at radius 3 is 2.70 bits per heavy atom.